The molecule has 0 radical (unpaired) electrons. The number of carbonyl (C=O) groups is 2. The van der Waals surface area contributed by atoms with Gasteiger partial charge in [0.1, 0.15) is 0 Å². The minimum absolute atomic E-state index is 0.131. The van der Waals surface area contributed by atoms with E-state index in [2.05, 4.69) is 10.6 Å². The van der Waals surface area contributed by atoms with Gasteiger partial charge in [-0.3, -0.25) is 9.59 Å². The van der Waals surface area contributed by atoms with Gasteiger partial charge in [-0.25, -0.2) is 0 Å². The van der Waals surface area contributed by atoms with Crippen LogP contribution in [0.25, 0.3) is 6.08 Å². The zero-order valence-electron chi connectivity index (χ0n) is 15.1. The number of hydrogen-bond donors (Lipinski definition) is 2. The molecule has 0 atom stereocenters. The highest BCUT2D eigenvalue weighted by Crippen LogP contribution is 2.24. The molecule has 1 aliphatic carbocycles. The van der Waals surface area contributed by atoms with Crippen LogP contribution >= 0.6 is 11.6 Å². The molecule has 2 aromatic carbocycles. The van der Waals surface area contributed by atoms with Gasteiger partial charge in [0.05, 0.1) is 10.7 Å². The maximum Gasteiger partial charge on any atom is 0.251 e. The number of hydrogen-bond acceptors (Lipinski definition) is 2. The summed E-state index contributed by atoms with van der Waals surface area (Å²) in [5.74, 6) is -0.431. The Labute approximate surface area is 164 Å². The monoisotopic (exact) mass is 382 g/mol. The van der Waals surface area contributed by atoms with Gasteiger partial charge in [0, 0.05) is 17.7 Å². The molecule has 2 amide bonds. The molecule has 1 aliphatic rings. The predicted molar refractivity (Wildman–Crippen MR) is 110 cm³/mol. The third-order valence-corrected chi connectivity index (χ3v) is 4.98. The van der Waals surface area contributed by atoms with Crippen molar-refractivity contribution >= 4 is 35.2 Å². The van der Waals surface area contributed by atoms with Gasteiger partial charge in [-0.05, 0) is 42.7 Å². The highest BCUT2D eigenvalue weighted by molar-refractivity contribution is 6.34. The average Bonchev–Trinajstić information content (AvgIpc) is 2.69. The van der Waals surface area contributed by atoms with E-state index in [0.29, 0.717) is 16.3 Å². The molecule has 0 spiro atoms. The van der Waals surface area contributed by atoms with Crippen molar-refractivity contribution < 1.29 is 9.59 Å². The molecule has 2 N–H and O–H groups in total. The van der Waals surface area contributed by atoms with E-state index in [1.807, 2.05) is 30.3 Å². The van der Waals surface area contributed by atoms with Gasteiger partial charge >= 0.3 is 0 Å². The second kappa shape index (κ2) is 9.38. The largest absolute Gasteiger partial charge is 0.349 e. The smallest absolute Gasteiger partial charge is 0.251 e. The zero-order chi connectivity index (χ0) is 19.1. The number of nitrogens with one attached hydrogen (secondary N) is 2. The quantitative estimate of drug-likeness (QED) is 0.710. The normalized spacial score (nSPS) is 14.9. The molecule has 0 bridgehead atoms. The minimum atomic E-state index is -0.300. The lowest BCUT2D eigenvalue weighted by Gasteiger charge is -2.22. The summed E-state index contributed by atoms with van der Waals surface area (Å²) in [6, 6.07) is 14.7. The van der Waals surface area contributed by atoms with Crippen molar-refractivity contribution in [3.05, 3.63) is 70.8 Å². The first-order chi connectivity index (χ1) is 13.1. The van der Waals surface area contributed by atoms with E-state index < -0.39 is 0 Å². The molecule has 0 saturated heterocycles. The standard InChI is InChI=1S/C22H23ClN2O2/c23-19-13-12-17(22(27)24-18-9-5-2-6-10-18)15-20(19)25-21(26)14-11-16-7-3-1-4-8-16/h1,3-4,7-8,11-15,18H,2,5-6,9-10H2,(H,24,27)(H,25,26)/b14-11-. The van der Waals surface area contributed by atoms with Gasteiger partial charge in [-0.15, -0.1) is 0 Å². The summed E-state index contributed by atoms with van der Waals surface area (Å²) < 4.78 is 0. The summed E-state index contributed by atoms with van der Waals surface area (Å²) in [4.78, 5) is 24.7. The van der Waals surface area contributed by atoms with Crippen LogP contribution in [0.1, 0.15) is 48.0 Å². The van der Waals surface area contributed by atoms with Gasteiger partial charge in [0.2, 0.25) is 5.91 Å². The van der Waals surface area contributed by atoms with E-state index >= 15 is 0 Å². The second-order valence-corrected chi connectivity index (χ2v) is 7.14. The Morgan fingerprint density at radius 3 is 2.48 bits per heavy atom. The Bertz CT molecular complexity index is 827. The predicted octanol–water partition coefficient (Wildman–Crippen LogP) is 5.05. The van der Waals surface area contributed by atoms with Gasteiger partial charge in [0.25, 0.3) is 5.91 Å². The van der Waals surface area contributed by atoms with Crippen LogP contribution in [0.2, 0.25) is 5.02 Å². The fourth-order valence-electron chi connectivity index (χ4n) is 3.19. The second-order valence-electron chi connectivity index (χ2n) is 6.74. The van der Waals surface area contributed by atoms with Crippen LogP contribution in [0, 0.1) is 0 Å². The van der Waals surface area contributed by atoms with Crippen LogP contribution in [-0.4, -0.2) is 17.9 Å². The molecule has 3 rings (SSSR count). The number of halogens is 1. The molecular formula is C22H23ClN2O2. The average molecular weight is 383 g/mol. The lowest BCUT2D eigenvalue weighted by Crippen LogP contribution is -2.36. The lowest BCUT2D eigenvalue weighted by atomic mass is 9.95. The summed E-state index contributed by atoms with van der Waals surface area (Å²) in [7, 11) is 0. The summed E-state index contributed by atoms with van der Waals surface area (Å²) in [5, 5.41) is 6.21. The first-order valence-electron chi connectivity index (χ1n) is 9.26. The lowest BCUT2D eigenvalue weighted by molar-refractivity contribution is -0.111. The molecule has 140 valence electrons. The number of benzene rings is 2. The van der Waals surface area contributed by atoms with Crippen LogP contribution in [0.15, 0.2) is 54.6 Å². The molecule has 0 aromatic heterocycles. The molecule has 4 nitrogen and oxygen atoms in total. The Morgan fingerprint density at radius 2 is 1.74 bits per heavy atom. The first kappa shape index (κ1) is 19.2. The van der Waals surface area contributed by atoms with Gasteiger partial charge in [-0.2, -0.15) is 0 Å². The van der Waals surface area contributed by atoms with Gasteiger partial charge in [-0.1, -0.05) is 61.2 Å². The number of amides is 2. The molecule has 27 heavy (non-hydrogen) atoms. The maximum atomic E-state index is 12.5. The van der Waals surface area contributed by atoms with E-state index in [1.165, 1.54) is 12.5 Å². The molecule has 0 unspecified atom stereocenters. The Balaban J connectivity index is 1.64. The fourth-order valence-corrected chi connectivity index (χ4v) is 3.35. The zero-order valence-corrected chi connectivity index (χ0v) is 15.8. The van der Waals surface area contributed by atoms with Crippen molar-refractivity contribution in [3.8, 4) is 0 Å². The van der Waals surface area contributed by atoms with E-state index in [4.69, 9.17) is 11.6 Å². The van der Waals surface area contributed by atoms with Crippen molar-refractivity contribution in [1.29, 1.82) is 0 Å². The van der Waals surface area contributed by atoms with Crippen LogP contribution in [0.4, 0.5) is 5.69 Å². The van der Waals surface area contributed by atoms with Crippen molar-refractivity contribution in [2.75, 3.05) is 5.32 Å². The Morgan fingerprint density at radius 1 is 1.00 bits per heavy atom. The van der Waals surface area contributed by atoms with Crippen LogP contribution in [0.5, 0.6) is 0 Å². The van der Waals surface area contributed by atoms with E-state index in [1.54, 1.807) is 24.3 Å². The highest BCUT2D eigenvalue weighted by Gasteiger charge is 2.17. The van der Waals surface area contributed by atoms with E-state index in [0.717, 1.165) is 31.2 Å². The van der Waals surface area contributed by atoms with Crippen molar-refractivity contribution in [1.82, 2.24) is 5.32 Å². The van der Waals surface area contributed by atoms with E-state index in [9.17, 15) is 9.59 Å². The third kappa shape index (κ3) is 5.69. The Kier molecular flexibility index (Phi) is 6.66. The van der Waals surface area contributed by atoms with Crippen LogP contribution in [-0.2, 0) is 4.79 Å². The summed E-state index contributed by atoms with van der Waals surface area (Å²) >= 11 is 6.18. The summed E-state index contributed by atoms with van der Waals surface area (Å²) in [6.07, 6.45) is 8.75. The molecular weight excluding hydrogens is 360 g/mol. The molecule has 1 fully saturated rings. The maximum absolute atomic E-state index is 12.5. The summed E-state index contributed by atoms with van der Waals surface area (Å²) in [6.45, 7) is 0. The summed E-state index contributed by atoms with van der Waals surface area (Å²) in [5.41, 5.74) is 1.85. The fraction of sp³-hybridized carbons (Fsp3) is 0.273. The van der Waals surface area contributed by atoms with E-state index in [-0.39, 0.29) is 17.9 Å². The third-order valence-electron chi connectivity index (χ3n) is 4.65. The van der Waals surface area contributed by atoms with Crippen LogP contribution in [0.3, 0.4) is 0 Å². The van der Waals surface area contributed by atoms with Crippen molar-refractivity contribution in [3.63, 3.8) is 0 Å². The molecule has 2 aromatic rings. The number of carbonyl (C=O) groups excluding carboxylic acids is 2. The SMILES string of the molecule is O=C(/C=C\c1ccccc1)Nc1cc(C(=O)NC2CCCCC2)ccc1Cl. The van der Waals surface area contributed by atoms with Crippen molar-refractivity contribution in [2.24, 2.45) is 0 Å². The molecule has 0 aliphatic heterocycles. The number of anilines is 1. The minimum Gasteiger partial charge on any atom is -0.349 e. The van der Waals surface area contributed by atoms with Gasteiger partial charge < -0.3 is 10.6 Å². The van der Waals surface area contributed by atoms with Crippen molar-refractivity contribution in [2.45, 2.75) is 38.1 Å². The molecule has 5 heteroatoms. The first-order valence-corrected chi connectivity index (χ1v) is 9.64. The van der Waals surface area contributed by atoms with Gasteiger partial charge in [0.15, 0.2) is 0 Å². The molecule has 1 saturated carbocycles. The highest BCUT2D eigenvalue weighted by atomic mass is 35.5. The number of rotatable bonds is 5. The van der Waals surface area contributed by atoms with Crippen LogP contribution < -0.4 is 10.6 Å². The molecule has 0 heterocycles. The Hall–Kier alpha value is -2.59. The topological polar surface area (TPSA) is 58.2 Å².